The lowest BCUT2D eigenvalue weighted by molar-refractivity contribution is -0.0520. The van der Waals surface area contributed by atoms with Gasteiger partial charge in [0.05, 0.1) is 38.6 Å². The molecule has 1 aliphatic carbocycles. The van der Waals surface area contributed by atoms with Gasteiger partial charge in [0, 0.05) is 38.8 Å². The molecule has 1 aromatic rings. The number of rotatable bonds is 5. The number of aliphatic hydroxyl groups is 1. The number of hydrogen-bond acceptors (Lipinski definition) is 6. The molecule has 3 fully saturated rings. The van der Waals surface area contributed by atoms with Crippen molar-refractivity contribution in [3.05, 3.63) is 22.7 Å². The molecule has 0 aromatic heterocycles. The SMILES string of the molecule is COc1ccc(CN2C[C@H]3C[C@@H](N4CCOCC4)[C@H](O)C[C@H]3C2)c(Cl)c1OC. The van der Waals surface area contributed by atoms with Gasteiger partial charge in [0.25, 0.3) is 0 Å². The number of ether oxygens (including phenoxy) is 3. The van der Waals surface area contributed by atoms with Crippen molar-refractivity contribution in [1.82, 2.24) is 9.80 Å². The third-order valence-corrected chi connectivity index (χ3v) is 7.07. The molecule has 3 aliphatic rings. The van der Waals surface area contributed by atoms with Crippen LogP contribution in [0.5, 0.6) is 11.5 Å². The highest BCUT2D eigenvalue weighted by atomic mass is 35.5. The van der Waals surface area contributed by atoms with E-state index in [0.29, 0.717) is 28.4 Å². The summed E-state index contributed by atoms with van der Waals surface area (Å²) in [5, 5.41) is 11.4. The Labute approximate surface area is 172 Å². The molecule has 1 saturated carbocycles. The summed E-state index contributed by atoms with van der Waals surface area (Å²) < 4.78 is 16.3. The van der Waals surface area contributed by atoms with E-state index in [1.807, 2.05) is 12.1 Å². The maximum absolute atomic E-state index is 10.8. The van der Waals surface area contributed by atoms with Gasteiger partial charge < -0.3 is 19.3 Å². The van der Waals surface area contributed by atoms with E-state index < -0.39 is 0 Å². The Hall–Kier alpha value is -1.05. The Balaban J connectivity index is 1.42. The Morgan fingerprint density at radius 2 is 1.82 bits per heavy atom. The lowest BCUT2D eigenvalue weighted by Gasteiger charge is -2.43. The molecule has 0 unspecified atom stereocenters. The van der Waals surface area contributed by atoms with Crippen molar-refractivity contribution in [2.45, 2.75) is 31.5 Å². The maximum Gasteiger partial charge on any atom is 0.179 e. The maximum atomic E-state index is 10.8. The first-order valence-electron chi connectivity index (χ1n) is 10.2. The van der Waals surface area contributed by atoms with Gasteiger partial charge in [-0.25, -0.2) is 0 Å². The topological polar surface area (TPSA) is 54.4 Å². The number of halogens is 1. The van der Waals surface area contributed by atoms with E-state index in [1.165, 1.54) is 0 Å². The molecule has 28 heavy (non-hydrogen) atoms. The molecule has 156 valence electrons. The molecular weight excluding hydrogens is 380 g/mol. The van der Waals surface area contributed by atoms with Crippen LogP contribution in [0.1, 0.15) is 18.4 Å². The van der Waals surface area contributed by atoms with Gasteiger partial charge in [-0.15, -0.1) is 0 Å². The molecule has 7 heteroatoms. The van der Waals surface area contributed by atoms with E-state index in [0.717, 1.165) is 64.3 Å². The number of aliphatic hydroxyl groups excluding tert-OH is 1. The monoisotopic (exact) mass is 410 g/mol. The zero-order valence-corrected chi connectivity index (χ0v) is 17.5. The zero-order chi connectivity index (χ0) is 19.7. The van der Waals surface area contributed by atoms with Gasteiger partial charge in [0.1, 0.15) is 0 Å². The quantitative estimate of drug-likeness (QED) is 0.803. The van der Waals surface area contributed by atoms with E-state index in [9.17, 15) is 5.11 Å². The fourth-order valence-electron chi connectivity index (χ4n) is 5.23. The molecule has 2 aliphatic heterocycles. The second-order valence-electron chi connectivity index (χ2n) is 8.24. The van der Waals surface area contributed by atoms with E-state index in [4.69, 9.17) is 25.8 Å². The molecule has 4 atom stereocenters. The standard InChI is InChI=1S/C21H31ClN2O4/c1-26-19-4-3-14(20(22)21(19)27-2)11-23-12-15-9-17(18(25)10-16(15)13-23)24-5-7-28-8-6-24/h3-4,15-18,25H,5-13H2,1-2H3/t15-,16+,17-,18-/m1/s1. The fraction of sp³-hybridized carbons (Fsp3) is 0.714. The second kappa shape index (κ2) is 8.76. The van der Waals surface area contributed by atoms with Crippen LogP contribution in [0.15, 0.2) is 12.1 Å². The van der Waals surface area contributed by atoms with Gasteiger partial charge in [0.15, 0.2) is 11.5 Å². The summed E-state index contributed by atoms with van der Waals surface area (Å²) in [5.74, 6) is 2.45. The summed E-state index contributed by atoms with van der Waals surface area (Å²) in [6.07, 6.45) is 1.73. The molecule has 0 bridgehead atoms. The number of likely N-dealkylation sites (tertiary alicyclic amines) is 1. The first-order chi connectivity index (χ1) is 13.6. The van der Waals surface area contributed by atoms with E-state index in [2.05, 4.69) is 9.80 Å². The summed E-state index contributed by atoms with van der Waals surface area (Å²) in [4.78, 5) is 4.90. The molecule has 4 rings (SSSR count). The molecule has 1 N–H and O–H groups in total. The number of hydrogen-bond donors (Lipinski definition) is 1. The summed E-state index contributed by atoms with van der Waals surface area (Å²) in [5.41, 5.74) is 1.06. The summed E-state index contributed by atoms with van der Waals surface area (Å²) >= 11 is 6.58. The molecule has 0 spiro atoms. The van der Waals surface area contributed by atoms with Gasteiger partial charge in [-0.1, -0.05) is 17.7 Å². The average molecular weight is 411 g/mol. The van der Waals surface area contributed by atoms with Crippen LogP contribution in [0.3, 0.4) is 0 Å². The number of methoxy groups -OCH3 is 2. The highest BCUT2D eigenvalue weighted by Gasteiger charge is 2.43. The molecule has 6 nitrogen and oxygen atoms in total. The third kappa shape index (κ3) is 3.98. The first-order valence-corrected chi connectivity index (χ1v) is 10.6. The minimum absolute atomic E-state index is 0.232. The highest BCUT2D eigenvalue weighted by Crippen LogP contribution is 2.41. The molecular formula is C21H31ClN2O4. The minimum Gasteiger partial charge on any atom is -0.493 e. The van der Waals surface area contributed by atoms with Crippen LogP contribution in [0.25, 0.3) is 0 Å². The van der Waals surface area contributed by atoms with Gasteiger partial charge in [-0.2, -0.15) is 0 Å². The molecule has 1 aromatic carbocycles. The number of fused-ring (bicyclic) bond motifs is 1. The second-order valence-corrected chi connectivity index (χ2v) is 8.62. The van der Waals surface area contributed by atoms with E-state index in [-0.39, 0.29) is 12.1 Å². The first kappa shape index (κ1) is 20.2. The lowest BCUT2D eigenvalue weighted by Crippen LogP contribution is -2.53. The lowest BCUT2D eigenvalue weighted by atomic mass is 9.77. The summed E-state index contributed by atoms with van der Waals surface area (Å²) in [6.45, 7) is 6.30. The van der Waals surface area contributed by atoms with Crippen molar-refractivity contribution >= 4 is 11.6 Å². The van der Waals surface area contributed by atoms with Crippen molar-refractivity contribution in [2.75, 3.05) is 53.6 Å². The van der Waals surface area contributed by atoms with E-state index in [1.54, 1.807) is 14.2 Å². The van der Waals surface area contributed by atoms with Crippen LogP contribution in [0.2, 0.25) is 5.02 Å². The van der Waals surface area contributed by atoms with Gasteiger partial charge >= 0.3 is 0 Å². The van der Waals surface area contributed by atoms with Gasteiger partial charge in [-0.3, -0.25) is 9.80 Å². The van der Waals surface area contributed by atoms with Crippen LogP contribution < -0.4 is 9.47 Å². The zero-order valence-electron chi connectivity index (χ0n) is 16.8. The Morgan fingerprint density at radius 3 is 2.50 bits per heavy atom. The van der Waals surface area contributed by atoms with Crippen LogP contribution in [0, 0.1) is 11.8 Å². The van der Waals surface area contributed by atoms with Crippen molar-refractivity contribution in [3.8, 4) is 11.5 Å². The van der Waals surface area contributed by atoms with Crippen molar-refractivity contribution < 1.29 is 19.3 Å². The van der Waals surface area contributed by atoms with Crippen molar-refractivity contribution in [1.29, 1.82) is 0 Å². The smallest absolute Gasteiger partial charge is 0.179 e. The third-order valence-electron chi connectivity index (χ3n) is 6.66. The van der Waals surface area contributed by atoms with Gasteiger partial charge in [-0.05, 0) is 36.3 Å². The normalized spacial score (nSPS) is 31.6. The van der Waals surface area contributed by atoms with E-state index >= 15 is 0 Å². The Kier molecular flexibility index (Phi) is 6.33. The van der Waals surface area contributed by atoms with Crippen molar-refractivity contribution in [2.24, 2.45) is 11.8 Å². The molecule has 0 radical (unpaired) electrons. The van der Waals surface area contributed by atoms with Crippen LogP contribution in [0.4, 0.5) is 0 Å². The van der Waals surface area contributed by atoms with Crippen LogP contribution in [-0.4, -0.2) is 80.7 Å². The predicted molar refractivity (Wildman–Crippen MR) is 108 cm³/mol. The van der Waals surface area contributed by atoms with Crippen LogP contribution in [-0.2, 0) is 11.3 Å². The summed E-state index contributed by atoms with van der Waals surface area (Å²) in [7, 11) is 3.24. The van der Waals surface area contributed by atoms with Gasteiger partial charge in [0.2, 0.25) is 0 Å². The molecule has 2 saturated heterocycles. The fourth-order valence-corrected chi connectivity index (χ4v) is 5.52. The summed E-state index contributed by atoms with van der Waals surface area (Å²) in [6, 6.07) is 4.22. The Bertz CT molecular complexity index is 683. The van der Waals surface area contributed by atoms with Crippen molar-refractivity contribution in [3.63, 3.8) is 0 Å². The predicted octanol–water partition coefficient (Wildman–Crippen LogP) is 2.26. The number of nitrogens with zero attached hydrogens (tertiary/aromatic N) is 2. The molecule has 2 heterocycles. The number of benzene rings is 1. The minimum atomic E-state index is -0.232. The number of morpholine rings is 1. The average Bonchev–Trinajstić information content (AvgIpc) is 3.10. The highest BCUT2D eigenvalue weighted by molar-refractivity contribution is 6.33. The van der Waals surface area contributed by atoms with Crippen LogP contribution >= 0.6 is 11.6 Å². The Morgan fingerprint density at radius 1 is 1.11 bits per heavy atom. The molecule has 0 amide bonds. The largest absolute Gasteiger partial charge is 0.493 e.